The Hall–Kier alpha value is -2.38. The minimum Gasteiger partial charge on any atom is -0.292 e. The first kappa shape index (κ1) is 16.1. The molecule has 25 heavy (non-hydrogen) atoms. The van der Waals surface area contributed by atoms with Gasteiger partial charge in [-0.2, -0.15) is 0 Å². The Morgan fingerprint density at radius 3 is 2.32 bits per heavy atom. The van der Waals surface area contributed by atoms with Crippen LogP contribution in [0.3, 0.4) is 0 Å². The van der Waals surface area contributed by atoms with E-state index >= 15 is 0 Å². The molecule has 0 bridgehead atoms. The molecular weight excluding hydrogens is 302 g/mol. The van der Waals surface area contributed by atoms with Crippen LogP contribution in [0.15, 0.2) is 72.8 Å². The van der Waals surface area contributed by atoms with Crippen molar-refractivity contribution in [3.63, 3.8) is 0 Å². The lowest BCUT2D eigenvalue weighted by Crippen LogP contribution is -2.38. The van der Waals surface area contributed by atoms with Crippen LogP contribution in [-0.2, 0) is 19.5 Å². The number of benzene rings is 3. The average molecular weight is 327 g/mol. The highest BCUT2D eigenvalue weighted by Crippen LogP contribution is 2.34. The molecule has 3 aromatic carbocycles. The Kier molecular flexibility index (Phi) is 4.42. The van der Waals surface area contributed by atoms with Crippen LogP contribution in [0.25, 0.3) is 11.1 Å². The van der Waals surface area contributed by atoms with Gasteiger partial charge in [0.15, 0.2) is 0 Å². The van der Waals surface area contributed by atoms with E-state index in [4.69, 9.17) is 0 Å². The summed E-state index contributed by atoms with van der Waals surface area (Å²) in [6.45, 7) is 6.61. The van der Waals surface area contributed by atoms with Crippen LogP contribution in [0, 0.1) is 6.92 Å². The lowest BCUT2D eigenvalue weighted by atomic mass is 9.87. The molecule has 4 rings (SSSR count). The van der Waals surface area contributed by atoms with Crippen molar-refractivity contribution in [3.05, 3.63) is 95.1 Å². The van der Waals surface area contributed by atoms with Crippen LogP contribution in [0.2, 0.25) is 0 Å². The van der Waals surface area contributed by atoms with Crippen LogP contribution in [-0.4, -0.2) is 10.9 Å². The molecule has 1 heteroatoms. The van der Waals surface area contributed by atoms with Crippen molar-refractivity contribution in [1.82, 2.24) is 4.90 Å². The fourth-order valence-corrected chi connectivity index (χ4v) is 3.97. The van der Waals surface area contributed by atoms with Crippen molar-refractivity contribution in [2.24, 2.45) is 0 Å². The maximum Gasteiger partial charge on any atom is 0.0249 e. The molecule has 3 aromatic rings. The van der Waals surface area contributed by atoms with Gasteiger partial charge in [0.1, 0.15) is 0 Å². The summed E-state index contributed by atoms with van der Waals surface area (Å²) in [5, 5.41) is 0. The Balaban J connectivity index is 1.71. The molecule has 0 aromatic heterocycles. The zero-order valence-corrected chi connectivity index (χ0v) is 15.1. The van der Waals surface area contributed by atoms with Crippen molar-refractivity contribution in [2.75, 3.05) is 0 Å². The quantitative estimate of drug-likeness (QED) is 0.604. The predicted octanol–water partition coefficient (Wildman–Crippen LogP) is 5.61. The van der Waals surface area contributed by atoms with Gasteiger partial charge in [0, 0.05) is 19.1 Å². The minimum absolute atomic E-state index is 0.568. The fourth-order valence-electron chi connectivity index (χ4n) is 3.97. The summed E-state index contributed by atoms with van der Waals surface area (Å²) in [6, 6.07) is 27.0. The van der Waals surface area contributed by atoms with E-state index in [0.29, 0.717) is 6.04 Å². The van der Waals surface area contributed by atoms with E-state index < -0.39 is 0 Å². The van der Waals surface area contributed by atoms with Gasteiger partial charge in [-0.25, -0.2) is 0 Å². The highest BCUT2D eigenvalue weighted by molar-refractivity contribution is 5.70. The largest absolute Gasteiger partial charge is 0.292 e. The summed E-state index contributed by atoms with van der Waals surface area (Å²) in [5.74, 6) is 0. The molecule has 1 aliphatic heterocycles. The molecule has 1 unspecified atom stereocenters. The third-order valence-electron chi connectivity index (χ3n) is 5.30. The molecule has 126 valence electrons. The van der Waals surface area contributed by atoms with Gasteiger partial charge < -0.3 is 0 Å². The van der Waals surface area contributed by atoms with Crippen molar-refractivity contribution >= 4 is 0 Å². The first-order valence-corrected chi connectivity index (χ1v) is 9.16. The van der Waals surface area contributed by atoms with E-state index in [1.165, 1.54) is 33.4 Å². The van der Waals surface area contributed by atoms with Gasteiger partial charge in [-0.15, -0.1) is 0 Å². The molecule has 0 saturated carbocycles. The normalized spacial score (nSPS) is 17.3. The van der Waals surface area contributed by atoms with Gasteiger partial charge in [-0.1, -0.05) is 78.4 Å². The molecule has 1 heterocycles. The number of rotatable bonds is 3. The second kappa shape index (κ2) is 6.85. The molecule has 0 saturated heterocycles. The number of hydrogen-bond acceptors (Lipinski definition) is 1. The highest BCUT2D eigenvalue weighted by atomic mass is 15.2. The summed E-state index contributed by atoms with van der Waals surface area (Å²) in [7, 11) is 0. The van der Waals surface area contributed by atoms with Crippen molar-refractivity contribution in [2.45, 2.75) is 39.4 Å². The van der Waals surface area contributed by atoms with E-state index in [2.05, 4.69) is 91.5 Å². The second-order valence-corrected chi connectivity index (χ2v) is 7.26. The SMILES string of the molecule is Cc1cc2c(c(-c3ccccc3)c1)CN(Cc1ccccc1)C(C)C2. The average Bonchev–Trinajstić information content (AvgIpc) is 2.64. The molecule has 0 aliphatic carbocycles. The monoisotopic (exact) mass is 327 g/mol. The Morgan fingerprint density at radius 2 is 1.60 bits per heavy atom. The van der Waals surface area contributed by atoms with Crippen molar-refractivity contribution in [3.8, 4) is 11.1 Å². The third kappa shape index (κ3) is 3.38. The standard InChI is InChI=1S/C24H25N/c1-18-13-22-15-19(2)25(16-20-9-5-3-6-10-20)17-24(22)23(14-18)21-11-7-4-8-12-21/h3-14,19H,15-17H2,1-2H3. The molecule has 0 fully saturated rings. The maximum atomic E-state index is 2.61. The summed E-state index contributed by atoms with van der Waals surface area (Å²) in [4.78, 5) is 2.61. The number of aryl methyl sites for hydroxylation is 1. The van der Waals surface area contributed by atoms with Gasteiger partial charge in [-0.3, -0.25) is 4.90 Å². The van der Waals surface area contributed by atoms with Crippen molar-refractivity contribution in [1.29, 1.82) is 0 Å². The summed E-state index contributed by atoms with van der Waals surface area (Å²) < 4.78 is 0. The lowest BCUT2D eigenvalue weighted by Gasteiger charge is -2.36. The van der Waals surface area contributed by atoms with Crippen LogP contribution in [0.1, 0.15) is 29.2 Å². The molecule has 0 amide bonds. The zero-order chi connectivity index (χ0) is 17.2. The molecule has 0 spiro atoms. The predicted molar refractivity (Wildman–Crippen MR) is 105 cm³/mol. The Labute approximate surface area is 150 Å². The van der Waals surface area contributed by atoms with Gasteiger partial charge in [0.2, 0.25) is 0 Å². The smallest absolute Gasteiger partial charge is 0.0249 e. The summed E-state index contributed by atoms with van der Waals surface area (Å²) in [5.41, 5.74) is 8.52. The zero-order valence-electron chi connectivity index (χ0n) is 15.1. The molecule has 1 atom stereocenters. The van der Waals surface area contributed by atoms with E-state index in [-0.39, 0.29) is 0 Å². The lowest BCUT2D eigenvalue weighted by molar-refractivity contribution is 0.175. The van der Waals surface area contributed by atoms with Crippen LogP contribution >= 0.6 is 0 Å². The first-order valence-electron chi connectivity index (χ1n) is 9.16. The first-order chi connectivity index (χ1) is 12.2. The number of fused-ring (bicyclic) bond motifs is 1. The number of hydrogen-bond donors (Lipinski definition) is 0. The second-order valence-electron chi connectivity index (χ2n) is 7.26. The Morgan fingerprint density at radius 1 is 0.920 bits per heavy atom. The maximum absolute atomic E-state index is 2.61. The van der Waals surface area contributed by atoms with E-state index in [9.17, 15) is 0 Å². The Bertz CT molecular complexity index is 852. The van der Waals surface area contributed by atoms with Gasteiger partial charge in [0.25, 0.3) is 0 Å². The van der Waals surface area contributed by atoms with E-state index in [1.54, 1.807) is 0 Å². The van der Waals surface area contributed by atoms with Gasteiger partial charge >= 0.3 is 0 Å². The molecule has 0 N–H and O–H groups in total. The number of nitrogens with zero attached hydrogens (tertiary/aromatic N) is 1. The van der Waals surface area contributed by atoms with Gasteiger partial charge in [-0.05, 0) is 48.1 Å². The third-order valence-corrected chi connectivity index (χ3v) is 5.30. The molecule has 1 nitrogen and oxygen atoms in total. The molecule has 1 aliphatic rings. The van der Waals surface area contributed by atoms with Crippen molar-refractivity contribution < 1.29 is 0 Å². The summed E-state index contributed by atoms with van der Waals surface area (Å²) in [6.07, 6.45) is 1.13. The van der Waals surface area contributed by atoms with E-state index in [0.717, 1.165) is 19.5 Å². The van der Waals surface area contributed by atoms with Gasteiger partial charge in [0.05, 0.1) is 0 Å². The molecule has 0 radical (unpaired) electrons. The highest BCUT2D eigenvalue weighted by Gasteiger charge is 2.25. The van der Waals surface area contributed by atoms with Crippen LogP contribution in [0.4, 0.5) is 0 Å². The van der Waals surface area contributed by atoms with E-state index in [1.807, 2.05) is 0 Å². The van der Waals surface area contributed by atoms with Crippen LogP contribution in [0.5, 0.6) is 0 Å². The van der Waals surface area contributed by atoms with Crippen LogP contribution < -0.4 is 0 Å². The minimum atomic E-state index is 0.568. The molecular formula is C24H25N. The topological polar surface area (TPSA) is 3.24 Å². The summed E-state index contributed by atoms with van der Waals surface area (Å²) >= 11 is 0. The fraction of sp³-hybridized carbons (Fsp3) is 0.250.